The Hall–Kier alpha value is -2.35. The number of benzene rings is 1. The Bertz CT molecular complexity index is 625. The number of non-ortho nitro benzene ring substituents is 1. The molecule has 0 aromatic heterocycles. The summed E-state index contributed by atoms with van der Waals surface area (Å²) in [5.41, 5.74) is 0.00719. The molecular formula is C19H30N4O4. The molecule has 2 rings (SSSR count). The number of nitrogens with one attached hydrogen (secondary N) is 1. The highest BCUT2D eigenvalue weighted by molar-refractivity contribution is 5.80. The minimum absolute atomic E-state index is 0.00719. The van der Waals surface area contributed by atoms with Crippen LogP contribution in [0.3, 0.4) is 0 Å². The highest BCUT2D eigenvalue weighted by Gasteiger charge is 2.24. The maximum atomic E-state index is 10.7. The predicted molar refractivity (Wildman–Crippen MR) is 105 cm³/mol. The summed E-state index contributed by atoms with van der Waals surface area (Å²) in [5, 5.41) is 24.1. The molecule has 0 amide bonds. The third-order valence-electron chi connectivity index (χ3n) is 4.45. The van der Waals surface area contributed by atoms with E-state index in [2.05, 4.69) is 29.1 Å². The second-order valence-electron chi connectivity index (χ2n) is 7.26. The van der Waals surface area contributed by atoms with Crippen molar-refractivity contribution in [1.29, 1.82) is 0 Å². The number of nitro benzene ring substituents is 1. The van der Waals surface area contributed by atoms with Gasteiger partial charge in [0.25, 0.3) is 5.69 Å². The average molecular weight is 378 g/mol. The second kappa shape index (κ2) is 10.1. The standard InChI is InChI=1S/C19H30N4O4/c1-4-20-19(22-11-14(2)9-15(3)12-22)21-10-17(24)13-27-18-7-5-16(6-8-18)23(25)26/h5-8,14-15,17,24H,4,9-13H2,1-3H3,(H,20,21). The fraction of sp³-hybridized carbons (Fsp3) is 0.632. The number of piperidine rings is 1. The third kappa shape index (κ3) is 6.71. The number of hydrogen-bond acceptors (Lipinski definition) is 5. The van der Waals surface area contributed by atoms with Crippen molar-refractivity contribution in [3.63, 3.8) is 0 Å². The Morgan fingerprint density at radius 2 is 2.00 bits per heavy atom. The first-order valence-corrected chi connectivity index (χ1v) is 9.47. The SMILES string of the molecule is CCNC(=NCC(O)COc1ccc([N+](=O)[O-])cc1)N1CC(C)CC(C)C1. The van der Waals surface area contributed by atoms with E-state index >= 15 is 0 Å². The molecule has 1 aliphatic rings. The molecule has 1 aromatic carbocycles. The molecule has 1 heterocycles. The zero-order valence-corrected chi connectivity index (χ0v) is 16.3. The first-order chi connectivity index (χ1) is 12.9. The summed E-state index contributed by atoms with van der Waals surface area (Å²) < 4.78 is 5.50. The van der Waals surface area contributed by atoms with Gasteiger partial charge < -0.3 is 20.1 Å². The normalized spacial score (nSPS) is 21.6. The molecular weight excluding hydrogens is 348 g/mol. The molecule has 0 spiro atoms. The minimum atomic E-state index is -0.756. The van der Waals surface area contributed by atoms with Crippen molar-refractivity contribution in [2.24, 2.45) is 16.8 Å². The molecule has 1 aliphatic heterocycles. The first-order valence-electron chi connectivity index (χ1n) is 9.47. The molecule has 2 N–H and O–H groups in total. The molecule has 150 valence electrons. The molecule has 3 atom stereocenters. The van der Waals surface area contributed by atoms with Crippen LogP contribution in [0.2, 0.25) is 0 Å². The van der Waals surface area contributed by atoms with Crippen molar-refractivity contribution in [3.05, 3.63) is 34.4 Å². The van der Waals surface area contributed by atoms with Crippen LogP contribution in [0.5, 0.6) is 5.75 Å². The Kier molecular flexibility index (Phi) is 7.84. The number of nitro groups is 1. The van der Waals surface area contributed by atoms with Crippen LogP contribution in [0.4, 0.5) is 5.69 Å². The number of aliphatic hydroxyl groups is 1. The lowest BCUT2D eigenvalue weighted by atomic mass is 9.92. The molecule has 3 unspecified atom stereocenters. The van der Waals surface area contributed by atoms with E-state index in [1.165, 1.54) is 30.7 Å². The quantitative estimate of drug-likeness (QED) is 0.327. The van der Waals surface area contributed by atoms with E-state index in [0.717, 1.165) is 25.6 Å². The van der Waals surface area contributed by atoms with Gasteiger partial charge in [-0.3, -0.25) is 15.1 Å². The lowest BCUT2D eigenvalue weighted by Gasteiger charge is -2.37. The largest absolute Gasteiger partial charge is 0.491 e. The number of hydrogen-bond donors (Lipinski definition) is 2. The van der Waals surface area contributed by atoms with Gasteiger partial charge in [-0.15, -0.1) is 0 Å². The number of aliphatic hydroxyl groups excluding tert-OH is 1. The minimum Gasteiger partial charge on any atom is -0.491 e. The van der Waals surface area contributed by atoms with Crippen LogP contribution < -0.4 is 10.1 Å². The third-order valence-corrected chi connectivity index (χ3v) is 4.45. The fourth-order valence-corrected chi connectivity index (χ4v) is 3.36. The molecule has 8 heteroatoms. The van der Waals surface area contributed by atoms with E-state index in [1.807, 2.05) is 6.92 Å². The van der Waals surface area contributed by atoms with Gasteiger partial charge in [-0.1, -0.05) is 13.8 Å². The van der Waals surface area contributed by atoms with Crippen molar-refractivity contribution in [1.82, 2.24) is 10.2 Å². The topological polar surface area (TPSA) is 100 Å². The van der Waals surface area contributed by atoms with Gasteiger partial charge in [-0.05, 0) is 37.3 Å². The zero-order valence-electron chi connectivity index (χ0n) is 16.3. The van der Waals surface area contributed by atoms with E-state index < -0.39 is 11.0 Å². The summed E-state index contributed by atoms with van der Waals surface area (Å²) in [5.74, 6) is 2.54. The van der Waals surface area contributed by atoms with E-state index in [-0.39, 0.29) is 18.8 Å². The maximum absolute atomic E-state index is 10.7. The van der Waals surface area contributed by atoms with E-state index in [4.69, 9.17) is 4.74 Å². The summed E-state index contributed by atoms with van der Waals surface area (Å²) in [6, 6.07) is 5.80. The van der Waals surface area contributed by atoms with Gasteiger partial charge in [0.05, 0.1) is 11.5 Å². The molecule has 1 fully saturated rings. The van der Waals surface area contributed by atoms with E-state index in [1.54, 1.807) is 0 Å². The van der Waals surface area contributed by atoms with Crippen molar-refractivity contribution >= 4 is 11.6 Å². The number of ether oxygens (including phenoxy) is 1. The van der Waals surface area contributed by atoms with Crippen LogP contribution in [0.25, 0.3) is 0 Å². The zero-order chi connectivity index (χ0) is 19.8. The summed E-state index contributed by atoms with van der Waals surface area (Å²) in [6.07, 6.45) is 0.468. The lowest BCUT2D eigenvalue weighted by molar-refractivity contribution is -0.384. The molecule has 8 nitrogen and oxygen atoms in total. The Morgan fingerprint density at radius 1 is 1.37 bits per heavy atom. The van der Waals surface area contributed by atoms with Crippen LogP contribution in [-0.2, 0) is 0 Å². The van der Waals surface area contributed by atoms with Gasteiger partial charge in [0, 0.05) is 31.8 Å². The molecule has 0 radical (unpaired) electrons. The van der Waals surface area contributed by atoms with Crippen LogP contribution in [-0.4, -0.2) is 59.8 Å². The van der Waals surface area contributed by atoms with Gasteiger partial charge in [-0.2, -0.15) is 0 Å². The number of nitrogens with zero attached hydrogens (tertiary/aromatic N) is 3. The average Bonchev–Trinajstić information content (AvgIpc) is 2.63. The summed E-state index contributed by atoms with van der Waals surface area (Å²) in [7, 11) is 0. The van der Waals surface area contributed by atoms with Crippen LogP contribution >= 0.6 is 0 Å². The molecule has 0 aliphatic carbocycles. The van der Waals surface area contributed by atoms with Gasteiger partial charge in [0.1, 0.15) is 18.5 Å². The van der Waals surface area contributed by atoms with E-state index in [9.17, 15) is 15.2 Å². The molecule has 0 saturated carbocycles. The lowest BCUT2D eigenvalue weighted by Crippen LogP contribution is -2.48. The van der Waals surface area contributed by atoms with Gasteiger partial charge in [0.2, 0.25) is 0 Å². The summed E-state index contributed by atoms with van der Waals surface area (Å²) in [6.45, 7) is 9.53. The molecule has 1 saturated heterocycles. The monoisotopic (exact) mass is 378 g/mol. The van der Waals surface area contributed by atoms with Crippen LogP contribution in [0, 0.1) is 22.0 Å². The van der Waals surface area contributed by atoms with Gasteiger partial charge >= 0.3 is 0 Å². The Morgan fingerprint density at radius 3 is 2.56 bits per heavy atom. The van der Waals surface area contributed by atoms with Crippen molar-refractivity contribution < 1.29 is 14.8 Å². The van der Waals surface area contributed by atoms with Gasteiger partial charge in [0.15, 0.2) is 5.96 Å². The van der Waals surface area contributed by atoms with Gasteiger partial charge in [-0.25, -0.2) is 0 Å². The summed E-state index contributed by atoms with van der Waals surface area (Å²) in [4.78, 5) is 17.0. The predicted octanol–water partition coefficient (Wildman–Crippen LogP) is 2.28. The fourth-order valence-electron chi connectivity index (χ4n) is 3.36. The maximum Gasteiger partial charge on any atom is 0.269 e. The molecule has 0 bridgehead atoms. The van der Waals surface area contributed by atoms with Crippen LogP contribution in [0.1, 0.15) is 27.2 Å². The van der Waals surface area contributed by atoms with Crippen molar-refractivity contribution in [3.8, 4) is 5.75 Å². The molecule has 1 aromatic rings. The second-order valence-corrected chi connectivity index (χ2v) is 7.26. The highest BCUT2D eigenvalue weighted by Crippen LogP contribution is 2.21. The Labute approximate surface area is 160 Å². The number of guanidine groups is 1. The highest BCUT2D eigenvalue weighted by atomic mass is 16.6. The molecule has 27 heavy (non-hydrogen) atoms. The van der Waals surface area contributed by atoms with Crippen molar-refractivity contribution in [2.75, 3.05) is 32.8 Å². The summed E-state index contributed by atoms with van der Waals surface area (Å²) >= 11 is 0. The number of aliphatic imine (C=N–C) groups is 1. The number of likely N-dealkylation sites (tertiary alicyclic amines) is 1. The Balaban J connectivity index is 1.88. The van der Waals surface area contributed by atoms with Crippen molar-refractivity contribution in [2.45, 2.75) is 33.3 Å². The smallest absolute Gasteiger partial charge is 0.269 e. The first kappa shape index (κ1) is 21.0. The van der Waals surface area contributed by atoms with E-state index in [0.29, 0.717) is 17.6 Å². The number of rotatable bonds is 7. The van der Waals surface area contributed by atoms with Crippen LogP contribution in [0.15, 0.2) is 29.3 Å².